The van der Waals surface area contributed by atoms with E-state index in [0.29, 0.717) is 11.5 Å². The standard InChI is InChI=1S/C13H18O2.Na/c1-8(2)10-6-5-7-11(13(14)15)12(10)9(3)4;/h5-9H,1-4H3,(H,14,15);/q;+1/p-1. The number of aromatic carboxylic acids is 1. The molecule has 0 aliphatic carbocycles. The number of carboxylic acid groups (broad SMARTS) is 1. The molecule has 0 aromatic heterocycles. The number of carboxylic acids is 1. The van der Waals surface area contributed by atoms with Crippen LogP contribution in [-0.2, 0) is 0 Å². The van der Waals surface area contributed by atoms with E-state index in [0.717, 1.165) is 11.1 Å². The average Bonchev–Trinajstić information content (AvgIpc) is 2.16. The van der Waals surface area contributed by atoms with Crippen LogP contribution in [0.1, 0.15) is 61.0 Å². The molecule has 1 rings (SSSR count). The fourth-order valence-corrected chi connectivity index (χ4v) is 1.91. The summed E-state index contributed by atoms with van der Waals surface area (Å²) in [5, 5.41) is 11.0. The first-order valence-electron chi connectivity index (χ1n) is 5.29. The molecule has 0 saturated carbocycles. The number of hydrogen-bond acceptors (Lipinski definition) is 2. The number of carbonyl (C=O) groups excluding carboxylic acids is 1. The summed E-state index contributed by atoms with van der Waals surface area (Å²) in [6, 6.07) is 5.40. The van der Waals surface area contributed by atoms with Crippen molar-refractivity contribution in [3.63, 3.8) is 0 Å². The first-order chi connectivity index (χ1) is 6.95. The maximum atomic E-state index is 11.0. The van der Waals surface area contributed by atoms with E-state index in [-0.39, 0.29) is 35.5 Å². The smallest absolute Gasteiger partial charge is 0.545 e. The van der Waals surface area contributed by atoms with Gasteiger partial charge in [-0.15, -0.1) is 0 Å². The number of hydrogen-bond donors (Lipinski definition) is 0. The minimum absolute atomic E-state index is 0. The molecule has 0 aliphatic rings. The summed E-state index contributed by atoms with van der Waals surface area (Å²) in [4.78, 5) is 11.0. The van der Waals surface area contributed by atoms with Gasteiger partial charge < -0.3 is 9.90 Å². The maximum absolute atomic E-state index is 11.0. The zero-order valence-electron chi connectivity index (χ0n) is 10.7. The third kappa shape index (κ3) is 3.34. The van der Waals surface area contributed by atoms with Crippen molar-refractivity contribution in [1.82, 2.24) is 0 Å². The van der Waals surface area contributed by atoms with E-state index in [1.807, 2.05) is 19.9 Å². The molecule has 0 unspecified atom stereocenters. The van der Waals surface area contributed by atoms with Gasteiger partial charge in [0.25, 0.3) is 0 Å². The predicted octanol–water partition coefficient (Wildman–Crippen LogP) is -0.699. The Hall–Kier alpha value is -0.310. The Morgan fingerprint density at radius 1 is 1.12 bits per heavy atom. The van der Waals surface area contributed by atoms with Gasteiger partial charge in [0.15, 0.2) is 0 Å². The van der Waals surface area contributed by atoms with Gasteiger partial charge in [0, 0.05) is 5.56 Å². The van der Waals surface area contributed by atoms with E-state index in [4.69, 9.17) is 0 Å². The summed E-state index contributed by atoms with van der Waals surface area (Å²) < 4.78 is 0. The van der Waals surface area contributed by atoms with Crippen LogP contribution in [0.4, 0.5) is 0 Å². The Labute approximate surface area is 119 Å². The van der Waals surface area contributed by atoms with Crippen molar-refractivity contribution in [3.05, 3.63) is 34.9 Å². The monoisotopic (exact) mass is 228 g/mol. The van der Waals surface area contributed by atoms with Gasteiger partial charge in [-0.3, -0.25) is 0 Å². The van der Waals surface area contributed by atoms with Crippen LogP contribution >= 0.6 is 0 Å². The van der Waals surface area contributed by atoms with Crippen molar-refractivity contribution in [2.24, 2.45) is 0 Å². The Morgan fingerprint density at radius 2 is 1.69 bits per heavy atom. The van der Waals surface area contributed by atoms with Gasteiger partial charge in [0.2, 0.25) is 0 Å². The second-order valence-electron chi connectivity index (χ2n) is 4.41. The van der Waals surface area contributed by atoms with E-state index < -0.39 is 5.97 Å². The molecule has 0 bridgehead atoms. The zero-order chi connectivity index (χ0) is 11.6. The molecule has 0 fully saturated rings. The van der Waals surface area contributed by atoms with Crippen LogP contribution in [0.15, 0.2) is 18.2 Å². The summed E-state index contributed by atoms with van der Waals surface area (Å²) in [5.74, 6) is -0.542. The van der Waals surface area contributed by atoms with Crippen molar-refractivity contribution in [2.75, 3.05) is 0 Å². The molecule has 1 aromatic carbocycles. The Balaban J connectivity index is 0.00000225. The Kier molecular flexibility index (Phi) is 6.31. The summed E-state index contributed by atoms with van der Waals surface area (Å²) in [5.41, 5.74) is 2.34. The van der Waals surface area contributed by atoms with Crippen LogP contribution in [0.5, 0.6) is 0 Å². The third-order valence-electron chi connectivity index (χ3n) is 2.56. The van der Waals surface area contributed by atoms with Crippen molar-refractivity contribution >= 4 is 5.97 Å². The van der Waals surface area contributed by atoms with E-state index >= 15 is 0 Å². The normalized spacial score (nSPS) is 10.4. The first kappa shape index (κ1) is 15.7. The van der Waals surface area contributed by atoms with Crippen LogP contribution in [0.2, 0.25) is 0 Å². The van der Waals surface area contributed by atoms with E-state index in [1.165, 1.54) is 0 Å². The topological polar surface area (TPSA) is 40.1 Å². The number of benzene rings is 1. The number of rotatable bonds is 3. The molecule has 0 N–H and O–H groups in total. The van der Waals surface area contributed by atoms with Crippen LogP contribution in [0, 0.1) is 0 Å². The molecule has 0 amide bonds. The molecular formula is C13H17NaO2. The summed E-state index contributed by atoms with van der Waals surface area (Å²) in [6.45, 7) is 8.15. The minimum atomic E-state index is -1.08. The Morgan fingerprint density at radius 3 is 2.06 bits per heavy atom. The van der Waals surface area contributed by atoms with Gasteiger partial charge in [0.1, 0.15) is 0 Å². The molecule has 0 spiro atoms. The van der Waals surface area contributed by atoms with Gasteiger partial charge in [-0.2, -0.15) is 0 Å². The molecule has 0 saturated heterocycles. The fraction of sp³-hybridized carbons (Fsp3) is 0.462. The van der Waals surface area contributed by atoms with Gasteiger partial charge in [-0.05, 0) is 23.0 Å². The molecule has 1 aromatic rings. The predicted molar refractivity (Wildman–Crippen MR) is 59.0 cm³/mol. The van der Waals surface area contributed by atoms with Crippen LogP contribution < -0.4 is 34.7 Å². The van der Waals surface area contributed by atoms with Gasteiger partial charge in [0.05, 0.1) is 5.97 Å². The summed E-state index contributed by atoms with van der Waals surface area (Å²) >= 11 is 0. The van der Waals surface area contributed by atoms with Crippen LogP contribution in [0.25, 0.3) is 0 Å². The van der Waals surface area contributed by atoms with Crippen molar-refractivity contribution in [2.45, 2.75) is 39.5 Å². The van der Waals surface area contributed by atoms with Gasteiger partial charge in [-0.25, -0.2) is 0 Å². The number of carbonyl (C=O) groups is 1. The largest absolute Gasteiger partial charge is 1.00 e. The second kappa shape index (κ2) is 6.43. The molecule has 82 valence electrons. The molecular weight excluding hydrogens is 211 g/mol. The molecule has 16 heavy (non-hydrogen) atoms. The molecule has 3 heteroatoms. The molecule has 0 heterocycles. The second-order valence-corrected chi connectivity index (χ2v) is 4.41. The maximum Gasteiger partial charge on any atom is 1.00 e. The minimum Gasteiger partial charge on any atom is -0.545 e. The Bertz CT molecular complexity index is 370. The first-order valence-corrected chi connectivity index (χ1v) is 5.29. The molecule has 2 nitrogen and oxygen atoms in total. The van der Waals surface area contributed by atoms with E-state index in [9.17, 15) is 9.90 Å². The summed E-state index contributed by atoms with van der Waals surface area (Å²) in [7, 11) is 0. The quantitative estimate of drug-likeness (QED) is 0.642. The van der Waals surface area contributed by atoms with Crippen molar-refractivity contribution < 1.29 is 39.5 Å². The zero-order valence-corrected chi connectivity index (χ0v) is 12.7. The van der Waals surface area contributed by atoms with Crippen LogP contribution in [-0.4, -0.2) is 5.97 Å². The van der Waals surface area contributed by atoms with Gasteiger partial charge >= 0.3 is 29.6 Å². The molecule has 0 atom stereocenters. The van der Waals surface area contributed by atoms with Crippen molar-refractivity contribution in [3.8, 4) is 0 Å². The van der Waals surface area contributed by atoms with E-state index in [2.05, 4.69) is 13.8 Å². The molecule has 0 aliphatic heterocycles. The average molecular weight is 228 g/mol. The SMILES string of the molecule is CC(C)c1cccc(C(=O)[O-])c1C(C)C.[Na+]. The van der Waals surface area contributed by atoms with Crippen LogP contribution in [0.3, 0.4) is 0 Å². The third-order valence-corrected chi connectivity index (χ3v) is 2.56. The van der Waals surface area contributed by atoms with Crippen molar-refractivity contribution in [1.29, 1.82) is 0 Å². The molecule has 0 radical (unpaired) electrons. The van der Waals surface area contributed by atoms with E-state index in [1.54, 1.807) is 12.1 Å². The summed E-state index contributed by atoms with van der Waals surface area (Å²) in [6.07, 6.45) is 0. The van der Waals surface area contributed by atoms with Gasteiger partial charge in [-0.1, -0.05) is 45.9 Å². The fourth-order valence-electron chi connectivity index (χ4n) is 1.91.